The van der Waals surface area contributed by atoms with Crippen LogP contribution >= 0.6 is 0 Å². The molecule has 2 aromatic rings. The van der Waals surface area contributed by atoms with E-state index in [-0.39, 0.29) is 5.84 Å². The summed E-state index contributed by atoms with van der Waals surface area (Å²) in [7, 11) is 0. The van der Waals surface area contributed by atoms with E-state index in [0.29, 0.717) is 11.4 Å². The molecule has 0 aromatic carbocycles. The van der Waals surface area contributed by atoms with Gasteiger partial charge in [0, 0.05) is 17.3 Å². The third-order valence-corrected chi connectivity index (χ3v) is 2.04. The Labute approximate surface area is 91.2 Å². The molecule has 2 aromatic heterocycles. The molecule has 0 aliphatic carbocycles. The number of nitrogens with zero attached hydrogens (tertiary/aromatic N) is 3. The highest BCUT2D eigenvalue weighted by molar-refractivity contribution is 5.98. The molecule has 0 aliphatic rings. The van der Waals surface area contributed by atoms with Crippen LogP contribution in [0.4, 0.5) is 10.2 Å². The number of hydrogen-bond donors (Lipinski definition) is 2. The Morgan fingerprint density at radius 1 is 1.44 bits per heavy atom. The summed E-state index contributed by atoms with van der Waals surface area (Å²) in [5.41, 5.74) is 7.03. The summed E-state index contributed by atoms with van der Waals surface area (Å²) in [5.74, 6) is 0.304. The van der Waals surface area contributed by atoms with Crippen molar-refractivity contribution in [1.29, 1.82) is 0 Å². The number of pyridine rings is 1. The van der Waals surface area contributed by atoms with Crippen LogP contribution < -0.4 is 5.73 Å². The van der Waals surface area contributed by atoms with Crippen molar-refractivity contribution in [3.8, 4) is 0 Å². The molecular weight excluding hydrogens is 209 g/mol. The summed E-state index contributed by atoms with van der Waals surface area (Å²) in [6.07, 6.45) is 4.20. The molecule has 0 amide bonds. The lowest BCUT2D eigenvalue weighted by Crippen LogP contribution is -2.13. The minimum Gasteiger partial charge on any atom is -0.383 e. The molecule has 0 spiro atoms. The molecule has 6 heteroatoms. The molecule has 2 rings (SSSR count). The molecule has 16 heavy (non-hydrogen) atoms. The molecule has 0 atom stereocenters. The lowest BCUT2D eigenvalue weighted by molar-refractivity contribution is 0.621. The first-order chi connectivity index (χ1) is 7.66. The minimum absolute atomic E-state index is 0.194. The molecule has 0 radical (unpaired) electrons. The van der Waals surface area contributed by atoms with Crippen molar-refractivity contribution in [1.82, 2.24) is 15.2 Å². The van der Waals surface area contributed by atoms with Crippen LogP contribution in [0.25, 0.3) is 0 Å². The SMILES string of the molecule is Cc1cn[nH]c1/N=C(\N)c1cncc(F)c1. The van der Waals surface area contributed by atoms with Crippen molar-refractivity contribution >= 4 is 11.7 Å². The Bertz CT molecular complexity index is 532. The van der Waals surface area contributed by atoms with Crippen LogP contribution in [-0.2, 0) is 0 Å². The largest absolute Gasteiger partial charge is 0.383 e. The number of nitrogens with one attached hydrogen (secondary N) is 1. The van der Waals surface area contributed by atoms with E-state index in [0.717, 1.165) is 11.8 Å². The molecule has 82 valence electrons. The number of nitrogens with two attached hydrogens (primary N) is 1. The predicted molar refractivity (Wildman–Crippen MR) is 57.9 cm³/mol. The quantitative estimate of drug-likeness (QED) is 0.590. The average Bonchev–Trinajstić information content (AvgIpc) is 2.64. The molecule has 2 heterocycles. The van der Waals surface area contributed by atoms with Gasteiger partial charge >= 0.3 is 0 Å². The lowest BCUT2D eigenvalue weighted by atomic mass is 10.2. The zero-order valence-corrected chi connectivity index (χ0v) is 8.61. The zero-order valence-electron chi connectivity index (χ0n) is 8.61. The topological polar surface area (TPSA) is 80.0 Å². The van der Waals surface area contributed by atoms with Gasteiger partial charge in [0.2, 0.25) is 0 Å². The maximum Gasteiger partial charge on any atom is 0.153 e. The lowest BCUT2D eigenvalue weighted by Gasteiger charge is -1.99. The first-order valence-electron chi connectivity index (χ1n) is 4.62. The minimum atomic E-state index is -0.447. The van der Waals surface area contributed by atoms with Crippen LogP contribution in [0.2, 0.25) is 0 Å². The second-order valence-corrected chi connectivity index (χ2v) is 3.29. The monoisotopic (exact) mass is 219 g/mol. The molecule has 0 fully saturated rings. The Balaban J connectivity index is 2.35. The van der Waals surface area contributed by atoms with E-state index < -0.39 is 5.82 Å². The zero-order chi connectivity index (χ0) is 11.5. The number of aliphatic imine (C=N–C) groups is 1. The van der Waals surface area contributed by atoms with Gasteiger partial charge in [-0.3, -0.25) is 10.1 Å². The Kier molecular flexibility index (Phi) is 2.63. The summed E-state index contributed by atoms with van der Waals surface area (Å²) in [6.45, 7) is 1.85. The Hall–Kier alpha value is -2.24. The van der Waals surface area contributed by atoms with E-state index in [4.69, 9.17) is 5.73 Å². The van der Waals surface area contributed by atoms with Gasteiger partial charge < -0.3 is 5.73 Å². The van der Waals surface area contributed by atoms with Gasteiger partial charge in [-0.25, -0.2) is 9.38 Å². The summed E-state index contributed by atoms with van der Waals surface area (Å²) < 4.78 is 12.9. The summed E-state index contributed by atoms with van der Waals surface area (Å²) in [6, 6.07) is 1.28. The van der Waals surface area contributed by atoms with E-state index >= 15 is 0 Å². The van der Waals surface area contributed by atoms with Gasteiger partial charge in [0.1, 0.15) is 11.7 Å². The van der Waals surface area contributed by atoms with Crippen LogP contribution in [0.1, 0.15) is 11.1 Å². The predicted octanol–water partition coefficient (Wildman–Crippen LogP) is 1.29. The van der Waals surface area contributed by atoms with Crippen molar-refractivity contribution in [3.63, 3.8) is 0 Å². The van der Waals surface area contributed by atoms with Crippen molar-refractivity contribution in [2.45, 2.75) is 6.92 Å². The molecular formula is C10H10FN5. The molecule has 3 N–H and O–H groups in total. The van der Waals surface area contributed by atoms with E-state index in [1.165, 1.54) is 12.3 Å². The summed E-state index contributed by atoms with van der Waals surface area (Å²) >= 11 is 0. The summed E-state index contributed by atoms with van der Waals surface area (Å²) in [5, 5.41) is 6.50. The number of aromatic nitrogens is 3. The van der Waals surface area contributed by atoms with Crippen molar-refractivity contribution in [2.75, 3.05) is 0 Å². The van der Waals surface area contributed by atoms with Gasteiger partial charge in [0.15, 0.2) is 5.82 Å². The first kappa shape index (κ1) is 10.3. The molecule has 0 saturated carbocycles. The van der Waals surface area contributed by atoms with Gasteiger partial charge in [-0.15, -0.1) is 0 Å². The van der Waals surface area contributed by atoms with Gasteiger partial charge in [-0.2, -0.15) is 5.10 Å². The van der Waals surface area contributed by atoms with Crippen molar-refractivity contribution < 1.29 is 4.39 Å². The third-order valence-electron chi connectivity index (χ3n) is 2.04. The fourth-order valence-corrected chi connectivity index (χ4v) is 1.19. The number of hydrogen-bond acceptors (Lipinski definition) is 3. The van der Waals surface area contributed by atoms with Crippen molar-refractivity contribution in [2.24, 2.45) is 10.7 Å². The van der Waals surface area contributed by atoms with Gasteiger partial charge in [0.25, 0.3) is 0 Å². The molecule has 5 nitrogen and oxygen atoms in total. The number of aryl methyl sites for hydroxylation is 1. The highest BCUT2D eigenvalue weighted by Crippen LogP contribution is 2.13. The number of rotatable bonds is 2. The van der Waals surface area contributed by atoms with E-state index in [1.807, 2.05) is 6.92 Å². The van der Waals surface area contributed by atoms with Crippen molar-refractivity contribution in [3.05, 3.63) is 41.6 Å². The maximum atomic E-state index is 12.9. The molecule has 0 aliphatic heterocycles. The standard InChI is InChI=1S/C10H10FN5/c1-6-3-14-16-10(6)15-9(12)7-2-8(11)5-13-4-7/h2-5H,1H3,(H3,12,14,15,16). The highest BCUT2D eigenvalue weighted by Gasteiger charge is 2.03. The Morgan fingerprint density at radius 2 is 2.25 bits per heavy atom. The van der Waals surface area contributed by atoms with Gasteiger partial charge in [0.05, 0.1) is 12.4 Å². The first-order valence-corrected chi connectivity index (χ1v) is 4.62. The van der Waals surface area contributed by atoms with E-state index in [9.17, 15) is 4.39 Å². The fourth-order valence-electron chi connectivity index (χ4n) is 1.19. The molecule has 0 saturated heterocycles. The smallest absolute Gasteiger partial charge is 0.153 e. The van der Waals surface area contributed by atoms with E-state index in [2.05, 4.69) is 20.2 Å². The second-order valence-electron chi connectivity index (χ2n) is 3.29. The second kappa shape index (κ2) is 4.09. The maximum absolute atomic E-state index is 12.9. The van der Waals surface area contributed by atoms with Crippen LogP contribution in [0, 0.1) is 12.7 Å². The molecule has 0 unspecified atom stereocenters. The van der Waals surface area contributed by atoms with Crippen LogP contribution in [-0.4, -0.2) is 21.0 Å². The number of aromatic amines is 1. The highest BCUT2D eigenvalue weighted by atomic mass is 19.1. The number of halogens is 1. The van der Waals surface area contributed by atoms with Gasteiger partial charge in [-0.1, -0.05) is 0 Å². The number of amidine groups is 1. The normalized spacial score (nSPS) is 11.8. The summed E-state index contributed by atoms with van der Waals surface area (Å²) in [4.78, 5) is 7.79. The van der Waals surface area contributed by atoms with E-state index in [1.54, 1.807) is 6.20 Å². The number of H-pyrrole nitrogens is 1. The third kappa shape index (κ3) is 2.05. The average molecular weight is 219 g/mol. The fraction of sp³-hybridized carbons (Fsp3) is 0.100. The van der Waals surface area contributed by atoms with Crippen LogP contribution in [0.5, 0.6) is 0 Å². The van der Waals surface area contributed by atoms with Gasteiger partial charge in [-0.05, 0) is 13.0 Å². The Morgan fingerprint density at radius 3 is 2.88 bits per heavy atom. The van der Waals surface area contributed by atoms with Crippen LogP contribution in [0.3, 0.4) is 0 Å². The molecule has 0 bridgehead atoms. The van der Waals surface area contributed by atoms with Crippen LogP contribution in [0.15, 0.2) is 29.6 Å².